The lowest BCUT2D eigenvalue weighted by atomic mass is 9.93. The highest BCUT2D eigenvalue weighted by Gasteiger charge is 2.34. The molecule has 0 amide bonds. The average Bonchev–Trinajstić information content (AvgIpc) is 2.88. The van der Waals surface area contributed by atoms with Gasteiger partial charge in [0.2, 0.25) is 0 Å². The molecule has 0 saturated carbocycles. The Labute approximate surface area is 129 Å². The molecule has 1 aromatic heterocycles. The maximum Gasteiger partial charge on any atom is 0.169 e. The predicted octanol–water partition coefficient (Wildman–Crippen LogP) is 3.25. The van der Waals surface area contributed by atoms with E-state index in [9.17, 15) is 0 Å². The lowest BCUT2D eigenvalue weighted by Crippen LogP contribution is -2.42. The molecule has 1 aromatic rings. The van der Waals surface area contributed by atoms with Crippen molar-refractivity contribution in [2.75, 3.05) is 13.1 Å². The van der Waals surface area contributed by atoms with Gasteiger partial charge in [-0.2, -0.15) is 0 Å². The van der Waals surface area contributed by atoms with Crippen molar-refractivity contribution in [2.24, 2.45) is 11.8 Å². The predicted molar refractivity (Wildman–Crippen MR) is 85.0 cm³/mol. The molecule has 0 N–H and O–H groups in total. The van der Waals surface area contributed by atoms with Gasteiger partial charge >= 0.3 is 0 Å². The molecule has 0 radical (unpaired) electrons. The molecule has 1 aliphatic rings. The van der Waals surface area contributed by atoms with Crippen molar-refractivity contribution in [3.05, 3.63) is 5.82 Å². The molecule has 2 heterocycles. The Morgan fingerprint density at radius 3 is 2.62 bits per heavy atom. The summed E-state index contributed by atoms with van der Waals surface area (Å²) >= 11 is 0. The van der Waals surface area contributed by atoms with Crippen molar-refractivity contribution >= 4 is 0 Å². The average molecular weight is 293 g/mol. The Hall–Kier alpha value is -0.970. The third-order valence-electron chi connectivity index (χ3n) is 4.91. The molecule has 1 saturated heterocycles. The van der Waals surface area contributed by atoms with E-state index in [1.165, 1.54) is 12.8 Å². The van der Waals surface area contributed by atoms with E-state index in [2.05, 4.69) is 66.6 Å². The first-order valence-corrected chi connectivity index (χ1v) is 8.39. The number of hydrogen-bond donors (Lipinski definition) is 0. The molecule has 0 unspecified atom stereocenters. The van der Waals surface area contributed by atoms with E-state index >= 15 is 0 Å². The summed E-state index contributed by atoms with van der Waals surface area (Å²) in [5, 5.41) is 12.7. The van der Waals surface area contributed by atoms with Crippen LogP contribution in [0.25, 0.3) is 0 Å². The first-order chi connectivity index (χ1) is 9.86. The fourth-order valence-electron chi connectivity index (χ4n) is 3.32. The summed E-state index contributed by atoms with van der Waals surface area (Å²) in [4.78, 5) is 2.59. The number of rotatable bonds is 5. The molecule has 5 nitrogen and oxygen atoms in total. The minimum atomic E-state index is -0.0343. The largest absolute Gasteiger partial charge is 0.293 e. The first kappa shape index (κ1) is 16.4. The zero-order valence-electron chi connectivity index (χ0n) is 14.5. The van der Waals surface area contributed by atoms with Crippen LogP contribution in [-0.2, 0) is 5.54 Å². The second kappa shape index (κ2) is 6.42. The molecule has 0 spiro atoms. The molecule has 2 atom stereocenters. The summed E-state index contributed by atoms with van der Waals surface area (Å²) in [5.41, 5.74) is -0.0343. The Morgan fingerprint density at radius 1 is 1.33 bits per heavy atom. The van der Waals surface area contributed by atoms with Crippen LogP contribution in [0.3, 0.4) is 0 Å². The highest BCUT2D eigenvalue weighted by Crippen LogP contribution is 2.33. The van der Waals surface area contributed by atoms with E-state index in [0.717, 1.165) is 31.3 Å². The summed E-state index contributed by atoms with van der Waals surface area (Å²) in [6.07, 6.45) is 3.64. The Morgan fingerprint density at radius 2 is 2.05 bits per heavy atom. The fourth-order valence-corrected chi connectivity index (χ4v) is 3.32. The summed E-state index contributed by atoms with van der Waals surface area (Å²) in [5.74, 6) is 2.31. The molecular weight excluding hydrogens is 262 g/mol. The van der Waals surface area contributed by atoms with Crippen molar-refractivity contribution in [2.45, 2.75) is 72.4 Å². The van der Waals surface area contributed by atoms with Gasteiger partial charge in [0.15, 0.2) is 5.82 Å². The van der Waals surface area contributed by atoms with Gasteiger partial charge in [-0.3, -0.25) is 4.90 Å². The van der Waals surface area contributed by atoms with Gasteiger partial charge in [0, 0.05) is 6.54 Å². The van der Waals surface area contributed by atoms with Crippen LogP contribution in [0, 0.1) is 11.8 Å². The number of hydrogen-bond acceptors (Lipinski definition) is 4. The van der Waals surface area contributed by atoms with Gasteiger partial charge in [-0.15, -0.1) is 5.10 Å². The van der Waals surface area contributed by atoms with Crippen LogP contribution in [0.2, 0.25) is 0 Å². The topological polar surface area (TPSA) is 46.8 Å². The smallest absolute Gasteiger partial charge is 0.169 e. The lowest BCUT2D eigenvalue weighted by molar-refractivity contribution is 0.0874. The third kappa shape index (κ3) is 3.44. The third-order valence-corrected chi connectivity index (χ3v) is 4.91. The molecule has 1 aliphatic heterocycles. The van der Waals surface area contributed by atoms with Crippen molar-refractivity contribution in [1.82, 2.24) is 25.1 Å². The van der Waals surface area contributed by atoms with Gasteiger partial charge in [0.05, 0.1) is 11.6 Å². The van der Waals surface area contributed by atoms with Crippen LogP contribution < -0.4 is 0 Å². The normalized spacial score (nSPS) is 22.7. The fraction of sp³-hybridized carbons (Fsp3) is 0.938. The Kier molecular flexibility index (Phi) is 5.02. The van der Waals surface area contributed by atoms with Gasteiger partial charge in [-0.05, 0) is 61.9 Å². The van der Waals surface area contributed by atoms with E-state index in [0.29, 0.717) is 12.0 Å². The summed E-state index contributed by atoms with van der Waals surface area (Å²) in [7, 11) is 0. The second-order valence-electron chi connectivity index (χ2n) is 7.55. The number of nitrogens with zero attached hydrogens (tertiary/aromatic N) is 5. The summed E-state index contributed by atoms with van der Waals surface area (Å²) < 4.78 is 2.05. The highest BCUT2D eigenvalue weighted by molar-refractivity contribution is 4.99. The molecular formula is C16H31N5. The zero-order valence-corrected chi connectivity index (χ0v) is 14.5. The number of aromatic nitrogens is 4. The van der Waals surface area contributed by atoms with E-state index in [1.54, 1.807) is 0 Å². The lowest BCUT2D eigenvalue weighted by Gasteiger charge is -2.39. The Bertz CT molecular complexity index is 451. The maximum atomic E-state index is 4.41. The molecule has 0 bridgehead atoms. The summed E-state index contributed by atoms with van der Waals surface area (Å²) in [6, 6.07) is 0.313. The van der Waals surface area contributed by atoms with E-state index in [-0.39, 0.29) is 5.54 Å². The van der Waals surface area contributed by atoms with Gasteiger partial charge < -0.3 is 0 Å². The number of tetrazole rings is 1. The highest BCUT2D eigenvalue weighted by atomic mass is 15.6. The minimum Gasteiger partial charge on any atom is -0.293 e. The van der Waals surface area contributed by atoms with E-state index < -0.39 is 0 Å². The molecule has 21 heavy (non-hydrogen) atoms. The SMILES string of the molecule is CCC(C)(C)n1nnnc1[C@H](C(C)C)N1CCC[C@H](C)C1. The molecule has 120 valence electrons. The molecule has 1 fully saturated rings. The van der Waals surface area contributed by atoms with Crippen molar-refractivity contribution in [3.63, 3.8) is 0 Å². The van der Waals surface area contributed by atoms with Crippen molar-refractivity contribution < 1.29 is 0 Å². The van der Waals surface area contributed by atoms with Gasteiger partial charge in [-0.1, -0.05) is 27.7 Å². The quantitative estimate of drug-likeness (QED) is 0.836. The van der Waals surface area contributed by atoms with Crippen LogP contribution in [0.15, 0.2) is 0 Å². The van der Waals surface area contributed by atoms with Gasteiger partial charge in [0.25, 0.3) is 0 Å². The van der Waals surface area contributed by atoms with Crippen LogP contribution in [0.4, 0.5) is 0 Å². The van der Waals surface area contributed by atoms with Gasteiger partial charge in [0.1, 0.15) is 0 Å². The Balaban J connectivity index is 2.33. The van der Waals surface area contributed by atoms with Crippen LogP contribution in [0.5, 0.6) is 0 Å². The van der Waals surface area contributed by atoms with E-state index in [1.807, 2.05) is 0 Å². The number of piperidine rings is 1. The van der Waals surface area contributed by atoms with Crippen LogP contribution in [-0.4, -0.2) is 38.2 Å². The monoisotopic (exact) mass is 293 g/mol. The molecule has 2 rings (SSSR count). The zero-order chi connectivity index (χ0) is 15.6. The number of likely N-dealkylation sites (tertiary alicyclic amines) is 1. The second-order valence-corrected chi connectivity index (χ2v) is 7.55. The maximum absolute atomic E-state index is 4.41. The minimum absolute atomic E-state index is 0.0343. The first-order valence-electron chi connectivity index (χ1n) is 8.39. The molecule has 5 heteroatoms. The van der Waals surface area contributed by atoms with E-state index in [4.69, 9.17) is 0 Å². The standard InChI is InChI=1S/C16H31N5/c1-7-16(5,6)21-15(17-18-19-21)14(12(2)3)20-10-8-9-13(4)11-20/h12-14H,7-11H2,1-6H3/t13-,14-/m0/s1. The van der Waals surface area contributed by atoms with Gasteiger partial charge in [-0.25, -0.2) is 4.68 Å². The van der Waals surface area contributed by atoms with Crippen LogP contribution >= 0.6 is 0 Å². The molecule has 0 aliphatic carbocycles. The van der Waals surface area contributed by atoms with Crippen molar-refractivity contribution in [1.29, 1.82) is 0 Å². The van der Waals surface area contributed by atoms with Crippen molar-refractivity contribution in [3.8, 4) is 0 Å². The molecule has 0 aromatic carbocycles. The summed E-state index contributed by atoms with van der Waals surface area (Å²) in [6.45, 7) is 15.8. The van der Waals surface area contributed by atoms with Crippen LogP contribution in [0.1, 0.15) is 72.7 Å².